The average Bonchev–Trinajstić information content (AvgIpc) is 2.82. The molecule has 0 spiro atoms. The van der Waals surface area contributed by atoms with E-state index in [1.807, 2.05) is 44.2 Å². The number of pyridine rings is 1. The molecule has 4 nitrogen and oxygen atoms in total. The van der Waals surface area contributed by atoms with Gasteiger partial charge in [0.15, 0.2) is 0 Å². The lowest BCUT2D eigenvalue weighted by molar-refractivity contribution is -0.143. The largest absolute Gasteiger partial charge is 0.486 e. The summed E-state index contributed by atoms with van der Waals surface area (Å²) >= 11 is 0. The van der Waals surface area contributed by atoms with Gasteiger partial charge >= 0.3 is 12.1 Å². The van der Waals surface area contributed by atoms with Gasteiger partial charge in [-0.15, -0.1) is 0 Å². The zero-order chi connectivity index (χ0) is 27.2. The van der Waals surface area contributed by atoms with Crippen molar-refractivity contribution in [2.24, 2.45) is 5.92 Å². The first-order valence-electron chi connectivity index (χ1n) is 12.5. The molecule has 0 amide bonds. The summed E-state index contributed by atoms with van der Waals surface area (Å²) in [5.41, 5.74) is 4.37. The van der Waals surface area contributed by atoms with Gasteiger partial charge in [0, 0.05) is 23.2 Å². The molecule has 0 saturated heterocycles. The fraction of sp³-hybridized carbons (Fsp3) is 0.400. The van der Waals surface area contributed by atoms with E-state index < -0.39 is 11.7 Å². The first-order valence-corrected chi connectivity index (χ1v) is 12.5. The zero-order valence-corrected chi connectivity index (χ0v) is 22.0. The third kappa shape index (κ3) is 7.81. The van der Waals surface area contributed by atoms with Crippen LogP contribution in [0.1, 0.15) is 67.7 Å². The van der Waals surface area contributed by atoms with Crippen LogP contribution in [0.5, 0.6) is 5.75 Å². The molecule has 7 heteroatoms. The number of nitrogens with zero attached hydrogens (tertiary/aromatic N) is 1. The Morgan fingerprint density at radius 2 is 1.70 bits per heavy atom. The van der Waals surface area contributed by atoms with E-state index in [1.54, 1.807) is 6.92 Å². The predicted molar refractivity (Wildman–Crippen MR) is 138 cm³/mol. The molecule has 1 unspecified atom stereocenters. The SMILES string of the molecule is CCOC(=O)CCc1ccc(OC(CC(C)C)c2ccc(-c3ccc(C(F)(F)F)cc3)nc2C)cc1C. The number of halogens is 3. The number of ether oxygens (including phenoxy) is 2. The Hall–Kier alpha value is -3.35. The van der Waals surface area contributed by atoms with Crippen LogP contribution in [0.2, 0.25) is 0 Å². The van der Waals surface area contributed by atoms with E-state index >= 15 is 0 Å². The van der Waals surface area contributed by atoms with Gasteiger partial charge < -0.3 is 9.47 Å². The van der Waals surface area contributed by atoms with Crippen LogP contribution in [0.4, 0.5) is 13.2 Å². The number of alkyl halides is 3. The molecule has 0 radical (unpaired) electrons. The number of carbonyl (C=O) groups excluding carboxylic acids is 1. The Kier molecular flexibility index (Phi) is 9.35. The second-order valence-electron chi connectivity index (χ2n) is 9.58. The van der Waals surface area contributed by atoms with E-state index in [0.717, 1.165) is 46.7 Å². The number of esters is 1. The second kappa shape index (κ2) is 12.3. The topological polar surface area (TPSA) is 48.4 Å². The van der Waals surface area contributed by atoms with E-state index in [-0.39, 0.29) is 12.1 Å². The molecule has 3 aromatic rings. The summed E-state index contributed by atoms with van der Waals surface area (Å²) in [6, 6.07) is 14.7. The van der Waals surface area contributed by atoms with Crippen LogP contribution in [0.15, 0.2) is 54.6 Å². The Labute approximate surface area is 216 Å². The molecule has 2 aromatic carbocycles. The van der Waals surface area contributed by atoms with Gasteiger partial charge in [-0.1, -0.05) is 38.1 Å². The van der Waals surface area contributed by atoms with E-state index in [2.05, 4.69) is 18.8 Å². The zero-order valence-electron chi connectivity index (χ0n) is 22.0. The second-order valence-corrected chi connectivity index (χ2v) is 9.58. The standard InChI is InChI=1S/C30H34F3NO3/c1-6-36-29(35)16-10-22-9-13-25(18-20(22)4)37-28(17-19(2)3)26-14-15-27(34-21(26)5)23-7-11-24(12-8-23)30(31,32)33/h7-9,11-15,18-19,28H,6,10,16-17H2,1-5H3. The van der Waals surface area contributed by atoms with Crippen molar-refractivity contribution in [3.63, 3.8) is 0 Å². The predicted octanol–water partition coefficient (Wildman–Crippen LogP) is 8.05. The maximum absolute atomic E-state index is 12.9. The number of benzene rings is 2. The third-order valence-electron chi connectivity index (χ3n) is 6.16. The van der Waals surface area contributed by atoms with Crippen LogP contribution in [0.3, 0.4) is 0 Å². The van der Waals surface area contributed by atoms with Gasteiger partial charge in [0.05, 0.1) is 17.9 Å². The smallest absolute Gasteiger partial charge is 0.416 e. The van der Waals surface area contributed by atoms with Crippen molar-refractivity contribution in [2.75, 3.05) is 6.61 Å². The highest BCUT2D eigenvalue weighted by Crippen LogP contribution is 2.33. The normalized spacial score (nSPS) is 12.5. The number of rotatable bonds is 10. The molecule has 37 heavy (non-hydrogen) atoms. The minimum atomic E-state index is -4.37. The molecule has 1 aromatic heterocycles. The summed E-state index contributed by atoms with van der Waals surface area (Å²) in [7, 11) is 0. The Bertz CT molecular complexity index is 1200. The number of carbonyl (C=O) groups is 1. The lowest BCUT2D eigenvalue weighted by atomic mass is 9.97. The van der Waals surface area contributed by atoms with Gasteiger partial charge in [-0.25, -0.2) is 0 Å². The molecule has 198 valence electrons. The highest BCUT2D eigenvalue weighted by molar-refractivity contribution is 5.69. The van der Waals surface area contributed by atoms with Gasteiger partial charge in [-0.3, -0.25) is 9.78 Å². The number of aryl methyl sites for hydroxylation is 3. The molecule has 0 bridgehead atoms. The maximum Gasteiger partial charge on any atom is 0.416 e. The van der Waals surface area contributed by atoms with Crippen LogP contribution < -0.4 is 4.74 Å². The Morgan fingerprint density at radius 1 is 1.00 bits per heavy atom. The third-order valence-corrected chi connectivity index (χ3v) is 6.16. The molecular formula is C30H34F3NO3. The lowest BCUT2D eigenvalue weighted by Crippen LogP contribution is -2.13. The van der Waals surface area contributed by atoms with Crippen molar-refractivity contribution in [3.05, 3.63) is 82.5 Å². The van der Waals surface area contributed by atoms with Crippen molar-refractivity contribution < 1.29 is 27.4 Å². The summed E-state index contributed by atoms with van der Waals surface area (Å²) in [5, 5.41) is 0. The van der Waals surface area contributed by atoms with Gasteiger partial charge in [0.1, 0.15) is 11.9 Å². The van der Waals surface area contributed by atoms with Gasteiger partial charge in [0.25, 0.3) is 0 Å². The van der Waals surface area contributed by atoms with Crippen molar-refractivity contribution in [2.45, 2.75) is 66.2 Å². The molecule has 0 aliphatic carbocycles. The summed E-state index contributed by atoms with van der Waals surface area (Å²) in [4.78, 5) is 16.4. The highest BCUT2D eigenvalue weighted by Gasteiger charge is 2.30. The van der Waals surface area contributed by atoms with Crippen LogP contribution in [-0.4, -0.2) is 17.6 Å². The molecule has 0 aliphatic rings. The van der Waals surface area contributed by atoms with E-state index in [4.69, 9.17) is 9.47 Å². The fourth-order valence-corrected chi connectivity index (χ4v) is 4.23. The molecule has 0 saturated carbocycles. The summed E-state index contributed by atoms with van der Waals surface area (Å²) in [5.74, 6) is 0.889. The van der Waals surface area contributed by atoms with Crippen molar-refractivity contribution >= 4 is 5.97 Å². The van der Waals surface area contributed by atoms with E-state index in [0.29, 0.717) is 36.6 Å². The van der Waals surface area contributed by atoms with E-state index in [9.17, 15) is 18.0 Å². The molecular weight excluding hydrogens is 479 g/mol. The number of hydrogen-bond donors (Lipinski definition) is 0. The quantitative estimate of drug-likeness (QED) is 0.257. The minimum Gasteiger partial charge on any atom is -0.486 e. The summed E-state index contributed by atoms with van der Waals surface area (Å²) in [6.45, 7) is 10.3. The van der Waals surface area contributed by atoms with Crippen molar-refractivity contribution in [1.29, 1.82) is 0 Å². The molecule has 0 N–H and O–H groups in total. The Morgan fingerprint density at radius 3 is 2.27 bits per heavy atom. The Balaban J connectivity index is 1.80. The molecule has 3 rings (SSSR count). The van der Waals surface area contributed by atoms with Crippen LogP contribution >= 0.6 is 0 Å². The first-order chi connectivity index (χ1) is 17.5. The monoisotopic (exact) mass is 513 g/mol. The first kappa shape index (κ1) is 28.2. The molecule has 0 aliphatic heterocycles. The molecule has 1 heterocycles. The summed E-state index contributed by atoms with van der Waals surface area (Å²) < 4.78 is 50.2. The maximum atomic E-state index is 12.9. The van der Waals surface area contributed by atoms with Gasteiger partial charge in [0.2, 0.25) is 0 Å². The fourth-order valence-electron chi connectivity index (χ4n) is 4.23. The lowest BCUT2D eigenvalue weighted by Gasteiger charge is -2.23. The van der Waals surface area contributed by atoms with Gasteiger partial charge in [-0.05, 0) is 81.0 Å². The minimum absolute atomic E-state index is 0.207. The number of aromatic nitrogens is 1. The van der Waals surface area contributed by atoms with Crippen molar-refractivity contribution in [3.8, 4) is 17.0 Å². The molecule has 0 fully saturated rings. The highest BCUT2D eigenvalue weighted by atomic mass is 19.4. The average molecular weight is 514 g/mol. The van der Waals surface area contributed by atoms with Crippen LogP contribution in [-0.2, 0) is 22.1 Å². The van der Waals surface area contributed by atoms with Crippen LogP contribution in [0, 0.1) is 19.8 Å². The van der Waals surface area contributed by atoms with E-state index in [1.165, 1.54) is 12.1 Å². The number of hydrogen-bond acceptors (Lipinski definition) is 4. The van der Waals surface area contributed by atoms with Crippen LogP contribution in [0.25, 0.3) is 11.3 Å². The summed E-state index contributed by atoms with van der Waals surface area (Å²) in [6.07, 6.45) is -2.90. The van der Waals surface area contributed by atoms with Crippen molar-refractivity contribution in [1.82, 2.24) is 4.98 Å². The molecule has 1 atom stereocenters. The van der Waals surface area contributed by atoms with Gasteiger partial charge in [-0.2, -0.15) is 13.2 Å².